The van der Waals surface area contributed by atoms with Gasteiger partial charge in [0.15, 0.2) is 0 Å². The molecule has 1 saturated carbocycles. The first kappa shape index (κ1) is 13.0. The van der Waals surface area contributed by atoms with Crippen molar-refractivity contribution in [2.45, 2.75) is 45.1 Å². The van der Waals surface area contributed by atoms with E-state index in [2.05, 4.69) is 15.3 Å². The minimum atomic E-state index is -0.00680. The number of nitrogens with one attached hydrogen (secondary N) is 1. The molecule has 0 saturated heterocycles. The van der Waals surface area contributed by atoms with Crippen molar-refractivity contribution in [1.29, 1.82) is 0 Å². The van der Waals surface area contributed by atoms with E-state index in [-0.39, 0.29) is 5.91 Å². The quantitative estimate of drug-likeness (QED) is 0.911. The van der Waals surface area contributed by atoms with E-state index in [0.29, 0.717) is 11.6 Å². The molecule has 1 fully saturated rings. The first-order valence-electron chi connectivity index (χ1n) is 7.26. The fourth-order valence-electron chi connectivity index (χ4n) is 2.85. The van der Waals surface area contributed by atoms with Gasteiger partial charge in [0.25, 0.3) is 5.91 Å². The van der Waals surface area contributed by atoms with Crippen LogP contribution in [0.25, 0.3) is 10.9 Å². The van der Waals surface area contributed by atoms with Crippen molar-refractivity contribution < 1.29 is 4.79 Å². The largest absolute Gasteiger partial charge is 0.349 e. The topological polar surface area (TPSA) is 54.9 Å². The van der Waals surface area contributed by atoms with E-state index in [1.54, 1.807) is 12.4 Å². The van der Waals surface area contributed by atoms with Gasteiger partial charge in [-0.3, -0.25) is 14.8 Å². The van der Waals surface area contributed by atoms with Crippen LogP contribution in [0.3, 0.4) is 0 Å². The third kappa shape index (κ3) is 2.64. The summed E-state index contributed by atoms with van der Waals surface area (Å²) in [5.74, 6) is -0.00680. The van der Waals surface area contributed by atoms with Crippen LogP contribution in [0, 0.1) is 6.92 Å². The van der Waals surface area contributed by atoms with E-state index in [1.165, 1.54) is 19.3 Å². The monoisotopic (exact) mass is 269 g/mol. The molecule has 0 spiro atoms. The number of carbonyl (C=O) groups excluding carboxylic acids is 1. The van der Waals surface area contributed by atoms with Crippen molar-refractivity contribution in [2.75, 3.05) is 0 Å². The maximum absolute atomic E-state index is 12.4. The van der Waals surface area contributed by atoms with Crippen LogP contribution in [0.5, 0.6) is 0 Å². The van der Waals surface area contributed by atoms with Crippen LogP contribution in [0.2, 0.25) is 0 Å². The first-order valence-corrected chi connectivity index (χ1v) is 7.26. The molecule has 0 atom stereocenters. The number of carbonyl (C=O) groups is 1. The van der Waals surface area contributed by atoms with Gasteiger partial charge in [0.1, 0.15) is 0 Å². The van der Waals surface area contributed by atoms with Crippen LogP contribution < -0.4 is 5.32 Å². The number of hydrogen-bond acceptors (Lipinski definition) is 3. The first-order chi connectivity index (χ1) is 9.74. The summed E-state index contributed by atoms with van der Waals surface area (Å²) in [6, 6.07) is 4.08. The molecule has 0 bridgehead atoms. The van der Waals surface area contributed by atoms with Gasteiger partial charge < -0.3 is 5.32 Å². The smallest absolute Gasteiger partial charge is 0.253 e. The lowest BCUT2D eigenvalue weighted by atomic mass is 9.95. The van der Waals surface area contributed by atoms with Crippen LogP contribution in [0.4, 0.5) is 0 Å². The van der Waals surface area contributed by atoms with E-state index in [1.807, 2.05) is 19.1 Å². The lowest BCUT2D eigenvalue weighted by Crippen LogP contribution is -2.36. The second-order valence-electron chi connectivity index (χ2n) is 5.50. The summed E-state index contributed by atoms with van der Waals surface area (Å²) in [5, 5.41) is 4.05. The molecule has 0 aromatic carbocycles. The normalized spacial score (nSPS) is 16.2. The summed E-state index contributed by atoms with van der Waals surface area (Å²) >= 11 is 0. The molecule has 4 heteroatoms. The van der Waals surface area contributed by atoms with Gasteiger partial charge in [-0.05, 0) is 31.9 Å². The highest BCUT2D eigenvalue weighted by molar-refractivity contribution is 5.98. The molecule has 1 aliphatic carbocycles. The molecule has 20 heavy (non-hydrogen) atoms. The Labute approximate surface area is 118 Å². The summed E-state index contributed by atoms with van der Waals surface area (Å²) < 4.78 is 0. The molecule has 0 unspecified atom stereocenters. The summed E-state index contributed by atoms with van der Waals surface area (Å²) in [4.78, 5) is 21.0. The van der Waals surface area contributed by atoms with Crippen molar-refractivity contribution in [1.82, 2.24) is 15.3 Å². The van der Waals surface area contributed by atoms with Crippen molar-refractivity contribution in [3.05, 3.63) is 35.8 Å². The molecule has 0 aliphatic heterocycles. The molecule has 1 amide bonds. The number of rotatable bonds is 2. The van der Waals surface area contributed by atoms with E-state index < -0.39 is 0 Å². The summed E-state index contributed by atoms with van der Waals surface area (Å²) in [6.07, 6.45) is 9.36. The van der Waals surface area contributed by atoms with Gasteiger partial charge in [0, 0.05) is 23.8 Å². The highest BCUT2D eigenvalue weighted by atomic mass is 16.1. The van der Waals surface area contributed by atoms with E-state index in [9.17, 15) is 4.79 Å². The van der Waals surface area contributed by atoms with Gasteiger partial charge in [0.05, 0.1) is 16.8 Å². The zero-order valence-corrected chi connectivity index (χ0v) is 11.7. The van der Waals surface area contributed by atoms with Crippen molar-refractivity contribution in [3.63, 3.8) is 0 Å². The number of amides is 1. The second-order valence-corrected chi connectivity index (χ2v) is 5.50. The Balaban J connectivity index is 1.84. The minimum absolute atomic E-state index is 0.00680. The number of nitrogens with zero attached hydrogens (tertiary/aromatic N) is 2. The van der Waals surface area contributed by atoms with Gasteiger partial charge in [-0.25, -0.2) is 0 Å². The molecular weight excluding hydrogens is 250 g/mol. The Bertz CT molecular complexity index is 633. The maximum Gasteiger partial charge on any atom is 0.253 e. The van der Waals surface area contributed by atoms with E-state index in [0.717, 1.165) is 29.4 Å². The maximum atomic E-state index is 12.4. The molecule has 0 radical (unpaired) electrons. The molecule has 3 rings (SSSR count). The third-order valence-electron chi connectivity index (χ3n) is 3.99. The number of pyridine rings is 2. The third-order valence-corrected chi connectivity index (χ3v) is 3.99. The Kier molecular flexibility index (Phi) is 3.63. The molecular formula is C16H19N3O. The van der Waals surface area contributed by atoms with Crippen LogP contribution in [0.15, 0.2) is 24.5 Å². The second kappa shape index (κ2) is 5.57. The van der Waals surface area contributed by atoms with Gasteiger partial charge in [0.2, 0.25) is 0 Å². The molecule has 1 aliphatic rings. The van der Waals surface area contributed by atoms with Crippen LogP contribution in [-0.4, -0.2) is 21.9 Å². The zero-order valence-electron chi connectivity index (χ0n) is 11.7. The van der Waals surface area contributed by atoms with Crippen LogP contribution in [0.1, 0.15) is 48.2 Å². The van der Waals surface area contributed by atoms with Gasteiger partial charge >= 0.3 is 0 Å². The highest BCUT2D eigenvalue weighted by Gasteiger charge is 2.18. The van der Waals surface area contributed by atoms with E-state index >= 15 is 0 Å². The Morgan fingerprint density at radius 2 is 2.10 bits per heavy atom. The van der Waals surface area contributed by atoms with Crippen molar-refractivity contribution >= 4 is 16.8 Å². The SMILES string of the molecule is Cc1nc2ccncc2cc1C(=O)NC1CCCCC1. The van der Waals surface area contributed by atoms with E-state index in [4.69, 9.17) is 0 Å². The molecule has 1 N–H and O–H groups in total. The summed E-state index contributed by atoms with van der Waals surface area (Å²) in [5.41, 5.74) is 2.32. The number of aromatic nitrogens is 2. The highest BCUT2D eigenvalue weighted by Crippen LogP contribution is 2.19. The Morgan fingerprint density at radius 3 is 2.90 bits per heavy atom. The minimum Gasteiger partial charge on any atom is -0.349 e. The lowest BCUT2D eigenvalue weighted by Gasteiger charge is -2.23. The lowest BCUT2D eigenvalue weighted by molar-refractivity contribution is 0.0927. The Hall–Kier alpha value is -1.97. The Morgan fingerprint density at radius 1 is 1.30 bits per heavy atom. The summed E-state index contributed by atoms with van der Waals surface area (Å²) in [6.45, 7) is 1.88. The van der Waals surface area contributed by atoms with Gasteiger partial charge in [-0.2, -0.15) is 0 Å². The molecule has 4 nitrogen and oxygen atoms in total. The molecule has 2 aromatic rings. The van der Waals surface area contributed by atoms with Crippen LogP contribution >= 0.6 is 0 Å². The van der Waals surface area contributed by atoms with Crippen molar-refractivity contribution in [3.8, 4) is 0 Å². The average molecular weight is 269 g/mol. The molecule has 2 aromatic heterocycles. The fraction of sp³-hybridized carbons (Fsp3) is 0.438. The standard InChI is InChI=1S/C16H19N3O/c1-11-14(9-12-10-17-8-7-15(12)18-11)16(20)19-13-5-3-2-4-6-13/h7-10,13H,2-6H2,1H3,(H,19,20). The van der Waals surface area contributed by atoms with Crippen LogP contribution in [-0.2, 0) is 0 Å². The zero-order chi connectivity index (χ0) is 13.9. The fourth-order valence-corrected chi connectivity index (χ4v) is 2.85. The van der Waals surface area contributed by atoms with Gasteiger partial charge in [-0.1, -0.05) is 19.3 Å². The average Bonchev–Trinajstić information content (AvgIpc) is 2.47. The number of aryl methyl sites for hydroxylation is 1. The number of fused-ring (bicyclic) bond motifs is 1. The van der Waals surface area contributed by atoms with Crippen molar-refractivity contribution in [2.24, 2.45) is 0 Å². The summed E-state index contributed by atoms with van der Waals surface area (Å²) in [7, 11) is 0. The number of hydrogen-bond donors (Lipinski definition) is 1. The molecule has 2 heterocycles. The molecule has 104 valence electrons. The van der Waals surface area contributed by atoms with Gasteiger partial charge in [-0.15, -0.1) is 0 Å². The predicted molar refractivity (Wildman–Crippen MR) is 78.6 cm³/mol. The predicted octanol–water partition coefficient (Wildman–Crippen LogP) is 3.00.